The van der Waals surface area contributed by atoms with Gasteiger partial charge in [-0.05, 0) is 34.1 Å². The van der Waals surface area contributed by atoms with E-state index >= 15 is 0 Å². The molecule has 15 heavy (non-hydrogen) atoms. The quantitative estimate of drug-likeness (QED) is 0.670. The lowest BCUT2D eigenvalue weighted by Gasteiger charge is -2.03. The number of hydrazone groups is 1. The summed E-state index contributed by atoms with van der Waals surface area (Å²) >= 11 is 6.60. The normalized spacial score (nSPS) is 8.53. The fourth-order valence-electron chi connectivity index (χ4n) is 0.774. The number of hydrogen-bond acceptors (Lipinski definition) is 4. The van der Waals surface area contributed by atoms with Gasteiger partial charge in [0.25, 0.3) is 0 Å². The molecule has 74 valence electrons. The number of hydrogen-bond donors (Lipinski definition) is 1. The molecule has 0 aliphatic rings. The van der Waals surface area contributed by atoms with Gasteiger partial charge in [-0.1, -0.05) is 15.9 Å². The molecule has 0 heterocycles. The van der Waals surface area contributed by atoms with Gasteiger partial charge in [0.15, 0.2) is 0 Å². The van der Waals surface area contributed by atoms with Crippen molar-refractivity contribution in [2.75, 3.05) is 5.43 Å². The Balaban J connectivity index is 2.92. The fourth-order valence-corrected chi connectivity index (χ4v) is 1.47. The van der Waals surface area contributed by atoms with Crippen molar-refractivity contribution in [1.29, 1.82) is 10.5 Å². The second-order valence-corrected chi connectivity index (χ2v) is 4.19. The van der Waals surface area contributed by atoms with Crippen molar-refractivity contribution < 1.29 is 0 Å². The van der Waals surface area contributed by atoms with Crippen LogP contribution in [0.2, 0.25) is 0 Å². The average Bonchev–Trinajstić information content (AvgIpc) is 2.24. The van der Waals surface area contributed by atoms with E-state index in [4.69, 9.17) is 10.5 Å². The molecule has 1 aromatic carbocycles. The lowest BCUT2D eigenvalue weighted by Crippen LogP contribution is -1.96. The number of nitriles is 2. The Morgan fingerprint density at radius 2 is 1.93 bits per heavy atom. The fraction of sp³-hybridized carbons (Fsp3) is 0. The Hall–Kier alpha value is -1.37. The molecule has 0 amide bonds. The van der Waals surface area contributed by atoms with E-state index in [0.29, 0.717) is 5.69 Å². The monoisotopic (exact) mass is 326 g/mol. The van der Waals surface area contributed by atoms with Crippen molar-refractivity contribution in [2.24, 2.45) is 5.10 Å². The van der Waals surface area contributed by atoms with Gasteiger partial charge in [-0.25, -0.2) is 0 Å². The van der Waals surface area contributed by atoms with E-state index < -0.39 is 0 Å². The Morgan fingerprint density at radius 1 is 1.27 bits per heavy atom. The first-order valence-corrected chi connectivity index (χ1v) is 5.35. The Labute approximate surface area is 103 Å². The van der Waals surface area contributed by atoms with Crippen LogP contribution in [0.4, 0.5) is 5.69 Å². The van der Waals surface area contributed by atoms with Crippen molar-refractivity contribution >= 4 is 43.3 Å². The van der Waals surface area contributed by atoms with Gasteiger partial charge >= 0.3 is 0 Å². The topological polar surface area (TPSA) is 72.0 Å². The van der Waals surface area contributed by atoms with Crippen LogP contribution in [0.5, 0.6) is 0 Å². The molecular formula is C9H4Br2N4. The van der Waals surface area contributed by atoms with Crippen molar-refractivity contribution in [2.45, 2.75) is 0 Å². The third kappa shape index (κ3) is 3.35. The molecule has 0 saturated heterocycles. The summed E-state index contributed by atoms with van der Waals surface area (Å²) in [6.07, 6.45) is 0. The first kappa shape index (κ1) is 11.7. The number of nitrogens with one attached hydrogen (secondary N) is 1. The van der Waals surface area contributed by atoms with E-state index in [1.807, 2.05) is 12.1 Å². The second-order valence-electron chi connectivity index (χ2n) is 2.42. The molecule has 4 nitrogen and oxygen atoms in total. The van der Waals surface area contributed by atoms with Crippen LogP contribution in [0, 0.1) is 22.7 Å². The van der Waals surface area contributed by atoms with Gasteiger partial charge in [-0.3, -0.25) is 5.43 Å². The Bertz CT molecular complexity index is 466. The minimum Gasteiger partial charge on any atom is -0.275 e. The lowest BCUT2D eigenvalue weighted by atomic mass is 10.3. The number of anilines is 1. The van der Waals surface area contributed by atoms with Crippen LogP contribution in [0.1, 0.15) is 0 Å². The average molecular weight is 328 g/mol. The molecule has 0 aliphatic heterocycles. The van der Waals surface area contributed by atoms with Gasteiger partial charge in [-0.15, -0.1) is 0 Å². The molecule has 0 spiro atoms. The van der Waals surface area contributed by atoms with E-state index in [2.05, 4.69) is 42.4 Å². The van der Waals surface area contributed by atoms with Crippen molar-refractivity contribution in [1.82, 2.24) is 0 Å². The predicted octanol–water partition coefficient (Wildman–Crippen LogP) is 3.03. The zero-order chi connectivity index (χ0) is 11.3. The molecule has 0 fully saturated rings. The predicted molar refractivity (Wildman–Crippen MR) is 64.1 cm³/mol. The number of rotatable bonds is 2. The summed E-state index contributed by atoms with van der Waals surface area (Å²) in [7, 11) is 0. The minimum atomic E-state index is -0.220. The summed E-state index contributed by atoms with van der Waals surface area (Å²) in [5, 5.41) is 20.6. The first-order chi connectivity index (χ1) is 7.17. The molecule has 0 unspecified atom stereocenters. The van der Waals surface area contributed by atoms with Crippen molar-refractivity contribution in [3.8, 4) is 12.1 Å². The van der Waals surface area contributed by atoms with Gasteiger partial charge in [0.05, 0.1) is 5.69 Å². The highest BCUT2D eigenvalue weighted by molar-refractivity contribution is 9.11. The largest absolute Gasteiger partial charge is 0.275 e. The molecule has 0 aliphatic carbocycles. The summed E-state index contributed by atoms with van der Waals surface area (Å²) in [5.41, 5.74) is 3.07. The third-order valence-electron chi connectivity index (χ3n) is 1.43. The minimum absolute atomic E-state index is 0.220. The van der Waals surface area contributed by atoms with E-state index in [1.165, 1.54) is 0 Å². The number of halogens is 2. The van der Waals surface area contributed by atoms with E-state index in [9.17, 15) is 0 Å². The molecule has 6 heteroatoms. The number of nitrogens with zero attached hydrogens (tertiary/aromatic N) is 3. The molecule has 1 N–H and O–H groups in total. The van der Waals surface area contributed by atoms with Gasteiger partial charge in [0.1, 0.15) is 12.1 Å². The molecule has 1 rings (SSSR count). The van der Waals surface area contributed by atoms with E-state index in [0.717, 1.165) is 8.95 Å². The van der Waals surface area contributed by atoms with E-state index in [1.54, 1.807) is 18.2 Å². The smallest absolute Gasteiger partial charge is 0.237 e. The summed E-state index contributed by atoms with van der Waals surface area (Å²) < 4.78 is 1.67. The second kappa shape index (κ2) is 5.50. The van der Waals surface area contributed by atoms with Crippen LogP contribution in [0.3, 0.4) is 0 Å². The molecule has 0 aromatic heterocycles. The first-order valence-electron chi connectivity index (χ1n) is 3.76. The van der Waals surface area contributed by atoms with Crippen LogP contribution < -0.4 is 5.43 Å². The zero-order valence-electron chi connectivity index (χ0n) is 7.33. The molecular weight excluding hydrogens is 324 g/mol. The zero-order valence-corrected chi connectivity index (χ0v) is 10.5. The summed E-state index contributed by atoms with van der Waals surface area (Å²) in [6.45, 7) is 0. The van der Waals surface area contributed by atoms with Crippen molar-refractivity contribution in [3.63, 3.8) is 0 Å². The Morgan fingerprint density at radius 3 is 2.53 bits per heavy atom. The highest BCUT2D eigenvalue weighted by Crippen LogP contribution is 2.25. The van der Waals surface area contributed by atoms with Crippen LogP contribution in [-0.4, -0.2) is 5.71 Å². The lowest BCUT2D eigenvalue weighted by molar-refractivity contribution is 1.32. The van der Waals surface area contributed by atoms with E-state index in [-0.39, 0.29) is 5.71 Å². The third-order valence-corrected chi connectivity index (χ3v) is 2.61. The van der Waals surface area contributed by atoms with Crippen molar-refractivity contribution in [3.05, 3.63) is 27.1 Å². The van der Waals surface area contributed by atoms with Gasteiger partial charge < -0.3 is 0 Å². The molecule has 0 saturated carbocycles. The number of benzene rings is 1. The Kier molecular flexibility index (Phi) is 4.29. The van der Waals surface area contributed by atoms with Gasteiger partial charge in [-0.2, -0.15) is 15.6 Å². The van der Waals surface area contributed by atoms with Gasteiger partial charge in [0, 0.05) is 8.95 Å². The summed E-state index contributed by atoms with van der Waals surface area (Å²) in [5.74, 6) is 0. The summed E-state index contributed by atoms with van der Waals surface area (Å²) in [6, 6.07) is 8.76. The van der Waals surface area contributed by atoms with Crippen LogP contribution in [0.15, 0.2) is 32.2 Å². The maximum Gasteiger partial charge on any atom is 0.237 e. The highest BCUT2D eigenvalue weighted by atomic mass is 79.9. The van der Waals surface area contributed by atoms with Crippen LogP contribution in [0.25, 0.3) is 0 Å². The standard InChI is InChI=1S/C9H4Br2N4/c10-6-1-2-8(11)9(3-6)15-14-7(4-12)5-13/h1-3,15H. The SMILES string of the molecule is N#CC(C#N)=NNc1cc(Br)ccc1Br. The maximum atomic E-state index is 8.46. The van der Waals surface area contributed by atoms with Crippen LogP contribution in [-0.2, 0) is 0 Å². The van der Waals surface area contributed by atoms with Crippen LogP contribution >= 0.6 is 31.9 Å². The molecule has 0 atom stereocenters. The highest BCUT2D eigenvalue weighted by Gasteiger charge is 2.00. The van der Waals surface area contributed by atoms with Gasteiger partial charge in [0.2, 0.25) is 5.71 Å². The molecule has 0 bridgehead atoms. The molecule has 0 radical (unpaired) electrons. The summed E-state index contributed by atoms with van der Waals surface area (Å²) in [4.78, 5) is 0. The maximum absolute atomic E-state index is 8.46. The molecule has 1 aromatic rings.